The highest BCUT2D eigenvalue weighted by molar-refractivity contribution is 7.92. The van der Waals surface area contributed by atoms with Crippen molar-refractivity contribution in [3.63, 3.8) is 0 Å². The van der Waals surface area contributed by atoms with Crippen LogP contribution < -0.4 is 9.46 Å². The van der Waals surface area contributed by atoms with Gasteiger partial charge in [0.05, 0.1) is 4.90 Å². The Morgan fingerprint density at radius 1 is 1.28 bits per heavy atom. The van der Waals surface area contributed by atoms with Crippen molar-refractivity contribution < 1.29 is 30.4 Å². The van der Waals surface area contributed by atoms with Crippen LogP contribution >= 0.6 is 0 Å². The summed E-state index contributed by atoms with van der Waals surface area (Å²) in [5.41, 5.74) is 0. The number of ether oxygens (including phenoxy) is 1. The molecule has 1 N–H and O–H groups in total. The van der Waals surface area contributed by atoms with Gasteiger partial charge < -0.3 is 4.74 Å². The zero-order valence-corrected chi connectivity index (χ0v) is 14.8. The first-order chi connectivity index (χ1) is 11.6. The summed E-state index contributed by atoms with van der Waals surface area (Å²) in [5.74, 6) is -0.293. The molecule has 1 fully saturated rings. The van der Waals surface area contributed by atoms with E-state index in [4.69, 9.17) is 0 Å². The van der Waals surface area contributed by atoms with E-state index in [1.165, 1.54) is 16.4 Å². The van der Waals surface area contributed by atoms with Gasteiger partial charge in [0, 0.05) is 25.0 Å². The summed E-state index contributed by atoms with van der Waals surface area (Å²) in [7, 11) is -7.34. The summed E-state index contributed by atoms with van der Waals surface area (Å²) in [6, 6.07) is 4.71. The second-order valence-corrected chi connectivity index (χ2v) is 9.08. The summed E-state index contributed by atoms with van der Waals surface area (Å²) in [6.45, 7) is 0.722. The molecule has 1 saturated heterocycles. The van der Waals surface area contributed by atoms with Gasteiger partial charge in [-0.1, -0.05) is 6.58 Å². The normalized spacial score (nSPS) is 19.2. The number of halogens is 2. The van der Waals surface area contributed by atoms with Crippen LogP contribution in [0.1, 0.15) is 6.42 Å². The second-order valence-electron chi connectivity index (χ2n) is 5.43. The number of rotatable bonds is 8. The Kier molecular flexibility index (Phi) is 6.14. The fourth-order valence-corrected chi connectivity index (χ4v) is 4.53. The third-order valence-corrected chi connectivity index (χ3v) is 6.62. The minimum absolute atomic E-state index is 0.0403. The van der Waals surface area contributed by atoms with Crippen molar-refractivity contribution in [2.45, 2.75) is 17.9 Å². The molecular formula is C14H18F2N2O5S2. The SMILES string of the molecule is C=CS(=O)(=O)NCC1CCN(S(=O)(=O)c2ccc(OC(F)F)cc2)C1. The van der Waals surface area contributed by atoms with Crippen LogP contribution in [0.2, 0.25) is 0 Å². The van der Waals surface area contributed by atoms with Gasteiger partial charge in [-0.2, -0.15) is 13.1 Å². The van der Waals surface area contributed by atoms with Gasteiger partial charge in [-0.15, -0.1) is 0 Å². The van der Waals surface area contributed by atoms with Gasteiger partial charge in [0.1, 0.15) is 5.75 Å². The van der Waals surface area contributed by atoms with Gasteiger partial charge in [0.15, 0.2) is 0 Å². The molecule has 0 bridgehead atoms. The molecule has 1 aromatic carbocycles. The van der Waals surface area contributed by atoms with E-state index in [1.807, 2.05) is 0 Å². The molecule has 1 aliphatic rings. The first kappa shape index (κ1) is 19.8. The molecular weight excluding hydrogens is 378 g/mol. The van der Waals surface area contributed by atoms with Crippen LogP contribution in [0.3, 0.4) is 0 Å². The number of sulfonamides is 2. The maximum atomic E-state index is 12.6. The van der Waals surface area contributed by atoms with Crippen molar-refractivity contribution in [2.24, 2.45) is 5.92 Å². The highest BCUT2D eigenvalue weighted by atomic mass is 32.2. The first-order valence-electron chi connectivity index (χ1n) is 7.31. The van der Waals surface area contributed by atoms with Gasteiger partial charge in [0.25, 0.3) is 0 Å². The quantitative estimate of drug-likeness (QED) is 0.716. The monoisotopic (exact) mass is 396 g/mol. The zero-order chi connectivity index (χ0) is 18.7. The predicted molar refractivity (Wildman–Crippen MR) is 87.1 cm³/mol. The molecule has 1 aliphatic heterocycles. The summed E-state index contributed by atoms with van der Waals surface area (Å²) in [6.07, 6.45) is 0.505. The number of alkyl halides is 2. The number of benzene rings is 1. The summed E-state index contributed by atoms with van der Waals surface area (Å²) < 4.78 is 79.8. The van der Waals surface area contributed by atoms with Crippen LogP contribution in [0.15, 0.2) is 41.1 Å². The number of hydrogen-bond acceptors (Lipinski definition) is 5. The Morgan fingerprint density at radius 3 is 2.48 bits per heavy atom. The maximum Gasteiger partial charge on any atom is 0.387 e. The molecule has 0 aliphatic carbocycles. The van der Waals surface area contributed by atoms with Crippen molar-refractivity contribution in [3.05, 3.63) is 36.3 Å². The van der Waals surface area contributed by atoms with Crippen molar-refractivity contribution in [2.75, 3.05) is 19.6 Å². The van der Waals surface area contributed by atoms with Crippen molar-refractivity contribution in [1.82, 2.24) is 9.03 Å². The number of nitrogens with one attached hydrogen (secondary N) is 1. The molecule has 1 aromatic rings. The highest BCUT2D eigenvalue weighted by Gasteiger charge is 2.32. The Labute approximate surface area is 145 Å². The van der Waals surface area contributed by atoms with E-state index in [1.54, 1.807) is 0 Å². The molecule has 0 spiro atoms. The number of hydrogen-bond donors (Lipinski definition) is 1. The van der Waals surface area contributed by atoms with Crippen molar-refractivity contribution >= 4 is 20.0 Å². The molecule has 1 heterocycles. The fourth-order valence-electron chi connectivity index (χ4n) is 2.42. The molecule has 1 atom stereocenters. The van der Waals surface area contributed by atoms with Crippen molar-refractivity contribution in [1.29, 1.82) is 0 Å². The van der Waals surface area contributed by atoms with E-state index in [9.17, 15) is 25.6 Å². The smallest absolute Gasteiger partial charge is 0.387 e. The van der Waals surface area contributed by atoms with Crippen LogP contribution in [0.25, 0.3) is 0 Å². The van der Waals surface area contributed by atoms with E-state index in [-0.39, 0.29) is 36.2 Å². The topological polar surface area (TPSA) is 92.8 Å². The third-order valence-electron chi connectivity index (χ3n) is 3.73. The van der Waals surface area contributed by atoms with Crippen LogP contribution in [0, 0.1) is 5.92 Å². The molecule has 0 saturated carbocycles. The fraction of sp³-hybridized carbons (Fsp3) is 0.429. The lowest BCUT2D eigenvalue weighted by atomic mass is 10.1. The van der Waals surface area contributed by atoms with Gasteiger partial charge in [-0.05, 0) is 36.6 Å². The molecule has 2 rings (SSSR count). The van der Waals surface area contributed by atoms with Gasteiger partial charge in [-0.3, -0.25) is 0 Å². The molecule has 11 heteroatoms. The van der Waals surface area contributed by atoms with E-state index >= 15 is 0 Å². The predicted octanol–water partition coefficient (Wildman–Crippen LogP) is 1.36. The van der Waals surface area contributed by atoms with E-state index in [2.05, 4.69) is 16.0 Å². The van der Waals surface area contributed by atoms with Crippen LogP contribution in [0.5, 0.6) is 5.75 Å². The van der Waals surface area contributed by atoms with Crippen LogP contribution in [-0.4, -0.2) is 47.4 Å². The lowest BCUT2D eigenvalue weighted by Crippen LogP contribution is -2.32. The van der Waals surface area contributed by atoms with Crippen LogP contribution in [0.4, 0.5) is 8.78 Å². The summed E-state index contributed by atoms with van der Waals surface area (Å²) in [5, 5.41) is 0.791. The van der Waals surface area contributed by atoms with E-state index in [0.717, 1.165) is 17.5 Å². The van der Waals surface area contributed by atoms with Crippen LogP contribution in [-0.2, 0) is 20.0 Å². The second kappa shape index (κ2) is 7.77. The zero-order valence-electron chi connectivity index (χ0n) is 13.1. The average Bonchev–Trinajstić information content (AvgIpc) is 3.03. The molecule has 0 radical (unpaired) electrons. The Morgan fingerprint density at radius 2 is 1.92 bits per heavy atom. The Hall–Kier alpha value is -1.56. The third kappa shape index (κ3) is 5.21. The summed E-state index contributed by atoms with van der Waals surface area (Å²) in [4.78, 5) is -0.0403. The van der Waals surface area contributed by atoms with Gasteiger partial charge >= 0.3 is 6.61 Å². The standard InChI is InChI=1S/C14H18F2N2O5S2/c1-2-24(19,20)17-9-11-7-8-18(10-11)25(21,22)13-5-3-12(4-6-13)23-14(15)16/h2-6,11,14,17H,1,7-10H2. The maximum absolute atomic E-state index is 12.6. The molecule has 1 unspecified atom stereocenters. The van der Waals surface area contributed by atoms with E-state index < -0.39 is 26.7 Å². The minimum Gasteiger partial charge on any atom is -0.435 e. The van der Waals surface area contributed by atoms with E-state index in [0.29, 0.717) is 6.42 Å². The largest absolute Gasteiger partial charge is 0.435 e. The van der Waals surface area contributed by atoms with Gasteiger partial charge in [0.2, 0.25) is 20.0 Å². The first-order valence-corrected chi connectivity index (χ1v) is 10.3. The summed E-state index contributed by atoms with van der Waals surface area (Å²) >= 11 is 0. The number of nitrogens with zero attached hydrogens (tertiary/aromatic N) is 1. The highest BCUT2D eigenvalue weighted by Crippen LogP contribution is 2.26. The Balaban J connectivity index is 2.02. The van der Waals surface area contributed by atoms with Gasteiger partial charge in [-0.25, -0.2) is 21.6 Å². The molecule has 0 amide bonds. The Bertz CT molecular complexity index is 810. The molecule has 7 nitrogen and oxygen atoms in total. The average molecular weight is 396 g/mol. The molecule has 25 heavy (non-hydrogen) atoms. The van der Waals surface area contributed by atoms with Crippen molar-refractivity contribution in [3.8, 4) is 5.75 Å². The molecule has 0 aromatic heterocycles. The lowest BCUT2D eigenvalue weighted by Gasteiger charge is -2.17. The molecule has 140 valence electrons. The minimum atomic E-state index is -3.78. The lowest BCUT2D eigenvalue weighted by molar-refractivity contribution is -0.0498.